The third kappa shape index (κ3) is 10.3. The van der Waals surface area contributed by atoms with Gasteiger partial charge in [0.05, 0.1) is 21.7 Å². The molecule has 0 radical (unpaired) electrons. The van der Waals surface area contributed by atoms with E-state index in [2.05, 4.69) is 11.8 Å². The number of ether oxygens (including phenoxy) is 8. The van der Waals surface area contributed by atoms with Gasteiger partial charge in [0, 0.05) is 18.8 Å². The van der Waals surface area contributed by atoms with Crippen LogP contribution in [0.1, 0.15) is 131 Å². The summed E-state index contributed by atoms with van der Waals surface area (Å²) in [6, 6.07) is 0. The molecule has 2 heterocycles. The minimum Gasteiger partial charge on any atom is -0.462 e. The molecule has 13 nitrogen and oxygen atoms in total. The fourth-order valence-corrected chi connectivity index (χ4v) is 6.45. The Labute approximate surface area is 321 Å². The standard InChI is InChI=1S/C41H64O13/c1-23(18-19-41-39(15,16)20-25(49-24(2)42)21-40(41,17)54-41)48-30-29(53-34(46)38(12,13)14)28(52-33(45)37(9,10)11)27(51-32(44)36(6,7)8)26(50-30)22-47-31(43)35(3,4)5/h23,25-30H,20-22H2,1-17H3/t23-,25-,26+,27+,28-,29+,30+,40-,41+/m0/s1. The van der Waals surface area contributed by atoms with Crippen molar-refractivity contribution in [2.45, 2.75) is 185 Å². The summed E-state index contributed by atoms with van der Waals surface area (Å²) < 4.78 is 48.5. The highest BCUT2D eigenvalue weighted by Gasteiger charge is 2.76. The van der Waals surface area contributed by atoms with E-state index in [1.807, 2.05) is 20.8 Å². The highest BCUT2D eigenvalue weighted by atomic mass is 16.7. The summed E-state index contributed by atoms with van der Waals surface area (Å²) in [7, 11) is 0. The molecule has 2 saturated heterocycles. The average Bonchev–Trinajstić information content (AvgIpc) is 3.60. The van der Waals surface area contributed by atoms with E-state index in [1.54, 1.807) is 90.0 Å². The molecule has 2 aliphatic heterocycles. The van der Waals surface area contributed by atoms with Crippen molar-refractivity contribution in [3.63, 3.8) is 0 Å². The lowest BCUT2D eigenvalue weighted by Gasteiger charge is -2.46. The third-order valence-corrected chi connectivity index (χ3v) is 9.66. The summed E-state index contributed by atoms with van der Waals surface area (Å²) in [6.45, 7) is 28.6. The van der Waals surface area contributed by atoms with E-state index in [0.717, 1.165) is 0 Å². The fourth-order valence-electron chi connectivity index (χ4n) is 6.45. The Hall–Kier alpha value is -3.21. The topological polar surface area (TPSA) is 162 Å². The number of esters is 5. The van der Waals surface area contributed by atoms with Crippen LogP contribution in [0.4, 0.5) is 0 Å². The van der Waals surface area contributed by atoms with Crippen LogP contribution in [0.5, 0.6) is 0 Å². The van der Waals surface area contributed by atoms with E-state index in [4.69, 9.17) is 37.9 Å². The molecule has 1 aliphatic carbocycles. The van der Waals surface area contributed by atoms with Crippen LogP contribution in [0, 0.1) is 38.9 Å². The molecule has 0 unspecified atom stereocenters. The van der Waals surface area contributed by atoms with Gasteiger partial charge in [-0.05, 0) is 103 Å². The van der Waals surface area contributed by atoms with Crippen molar-refractivity contribution in [2.75, 3.05) is 6.61 Å². The smallest absolute Gasteiger partial charge is 0.311 e. The maximum absolute atomic E-state index is 13.6. The van der Waals surface area contributed by atoms with Gasteiger partial charge in [0.15, 0.2) is 23.9 Å². The summed E-state index contributed by atoms with van der Waals surface area (Å²) >= 11 is 0. The van der Waals surface area contributed by atoms with Crippen molar-refractivity contribution in [3.8, 4) is 11.8 Å². The van der Waals surface area contributed by atoms with Crippen LogP contribution in [-0.2, 0) is 61.9 Å². The SMILES string of the molecule is CC(=O)O[C@H]1CC(C)(C)[C@@]2(C#C[C@H](C)O[C@@H]3O[C@H](COC(=O)C(C)(C)C)[C@@H](OC(=O)C(C)(C)C)[C@H](OC(=O)C(C)(C)C)[C@H]3OC(=O)C(C)(C)C)O[C@@]2(C)C1. The van der Waals surface area contributed by atoms with Gasteiger partial charge < -0.3 is 37.9 Å². The Morgan fingerprint density at radius 2 is 1.15 bits per heavy atom. The quantitative estimate of drug-likeness (QED) is 0.125. The summed E-state index contributed by atoms with van der Waals surface area (Å²) in [5.41, 5.74) is -5.93. The van der Waals surface area contributed by atoms with Crippen molar-refractivity contribution in [3.05, 3.63) is 0 Å². The second-order valence-corrected chi connectivity index (χ2v) is 19.8. The molecule has 3 aliphatic rings. The lowest BCUT2D eigenvalue weighted by molar-refractivity contribution is -0.315. The molecule has 1 saturated carbocycles. The van der Waals surface area contributed by atoms with E-state index in [0.29, 0.717) is 12.8 Å². The van der Waals surface area contributed by atoms with Gasteiger partial charge in [-0.15, -0.1) is 0 Å². The Kier molecular flexibility index (Phi) is 12.9. The predicted octanol–water partition coefficient (Wildman–Crippen LogP) is 5.86. The van der Waals surface area contributed by atoms with Gasteiger partial charge in [-0.2, -0.15) is 0 Å². The number of carbonyl (C=O) groups is 5. The van der Waals surface area contributed by atoms with Gasteiger partial charge in [-0.1, -0.05) is 25.7 Å². The van der Waals surface area contributed by atoms with Crippen LogP contribution in [0.2, 0.25) is 0 Å². The van der Waals surface area contributed by atoms with Crippen LogP contribution in [0.15, 0.2) is 0 Å². The minimum atomic E-state index is -1.45. The Bertz CT molecular complexity index is 1510. The van der Waals surface area contributed by atoms with Crippen molar-refractivity contribution < 1.29 is 61.9 Å². The second-order valence-electron chi connectivity index (χ2n) is 19.8. The van der Waals surface area contributed by atoms with Crippen LogP contribution >= 0.6 is 0 Å². The minimum absolute atomic E-state index is 0.320. The molecule has 306 valence electrons. The first kappa shape index (κ1) is 45.2. The molecule has 0 aromatic heterocycles. The molecule has 0 aromatic carbocycles. The zero-order valence-electron chi connectivity index (χ0n) is 35.5. The lowest BCUT2D eigenvalue weighted by atomic mass is 9.63. The van der Waals surface area contributed by atoms with Crippen molar-refractivity contribution in [1.82, 2.24) is 0 Å². The maximum Gasteiger partial charge on any atom is 0.311 e. The molecule has 9 atom stereocenters. The normalized spacial score (nSPS) is 31.4. The monoisotopic (exact) mass is 764 g/mol. The first-order chi connectivity index (χ1) is 24.2. The highest BCUT2D eigenvalue weighted by Crippen LogP contribution is 2.65. The molecule has 3 rings (SSSR count). The lowest BCUT2D eigenvalue weighted by Crippen LogP contribution is -2.64. The summed E-state index contributed by atoms with van der Waals surface area (Å²) in [5.74, 6) is 3.56. The van der Waals surface area contributed by atoms with Gasteiger partial charge in [0.25, 0.3) is 0 Å². The molecule has 54 heavy (non-hydrogen) atoms. The second kappa shape index (κ2) is 15.4. The molecule has 0 amide bonds. The van der Waals surface area contributed by atoms with Gasteiger partial charge >= 0.3 is 29.8 Å². The first-order valence-corrected chi connectivity index (χ1v) is 18.8. The number of hydrogen-bond acceptors (Lipinski definition) is 13. The first-order valence-electron chi connectivity index (χ1n) is 18.8. The zero-order chi connectivity index (χ0) is 41.6. The molecule has 0 N–H and O–H groups in total. The van der Waals surface area contributed by atoms with Gasteiger partial charge in [-0.3, -0.25) is 24.0 Å². The van der Waals surface area contributed by atoms with Crippen LogP contribution in [0.25, 0.3) is 0 Å². The average molecular weight is 765 g/mol. The molecule has 0 spiro atoms. The van der Waals surface area contributed by atoms with Gasteiger partial charge in [-0.25, -0.2) is 0 Å². The summed E-state index contributed by atoms with van der Waals surface area (Å²) in [4.78, 5) is 65.3. The van der Waals surface area contributed by atoms with E-state index in [1.165, 1.54) is 6.92 Å². The Morgan fingerprint density at radius 3 is 1.59 bits per heavy atom. The predicted molar refractivity (Wildman–Crippen MR) is 196 cm³/mol. The van der Waals surface area contributed by atoms with Crippen LogP contribution in [0.3, 0.4) is 0 Å². The van der Waals surface area contributed by atoms with Crippen LogP contribution < -0.4 is 0 Å². The number of carbonyl (C=O) groups excluding carboxylic acids is 5. The maximum atomic E-state index is 13.6. The van der Waals surface area contributed by atoms with E-state index < -0.39 is 106 Å². The fraction of sp³-hybridized carbons (Fsp3) is 0.829. The number of fused-ring (bicyclic) bond motifs is 1. The Morgan fingerprint density at radius 1 is 0.685 bits per heavy atom. The summed E-state index contributed by atoms with van der Waals surface area (Å²) in [5, 5.41) is 0. The molecule has 0 aromatic rings. The van der Waals surface area contributed by atoms with E-state index in [-0.39, 0.29) is 12.1 Å². The van der Waals surface area contributed by atoms with E-state index >= 15 is 0 Å². The van der Waals surface area contributed by atoms with Gasteiger partial charge in [0.2, 0.25) is 6.29 Å². The Balaban J connectivity index is 2.10. The largest absolute Gasteiger partial charge is 0.462 e. The molecular formula is C41H64O13. The molecule has 13 heteroatoms. The van der Waals surface area contributed by atoms with E-state index in [9.17, 15) is 24.0 Å². The van der Waals surface area contributed by atoms with Crippen molar-refractivity contribution in [1.29, 1.82) is 0 Å². The summed E-state index contributed by atoms with van der Waals surface area (Å²) in [6.07, 6.45) is -7.12. The molecular weight excluding hydrogens is 700 g/mol. The van der Waals surface area contributed by atoms with Crippen molar-refractivity contribution in [2.24, 2.45) is 27.1 Å². The molecule has 3 fully saturated rings. The number of hydrogen-bond donors (Lipinski definition) is 0. The number of epoxide rings is 1. The third-order valence-electron chi connectivity index (χ3n) is 9.66. The number of rotatable bonds is 8. The van der Waals surface area contributed by atoms with Crippen molar-refractivity contribution >= 4 is 29.8 Å². The van der Waals surface area contributed by atoms with Crippen LogP contribution in [-0.4, -0.2) is 90.6 Å². The highest BCUT2D eigenvalue weighted by molar-refractivity contribution is 5.78. The molecule has 0 bridgehead atoms. The van der Waals surface area contributed by atoms with Gasteiger partial charge in [0.1, 0.15) is 30.5 Å². The zero-order valence-corrected chi connectivity index (χ0v) is 35.5.